The van der Waals surface area contributed by atoms with E-state index in [1.165, 1.54) is 6.20 Å². The van der Waals surface area contributed by atoms with E-state index in [0.717, 1.165) is 4.88 Å². The highest BCUT2D eigenvalue weighted by molar-refractivity contribution is 7.10. The molecule has 3 aromatic rings. The highest BCUT2D eigenvalue weighted by atomic mass is 32.1. The molecule has 1 fully saturated rings. The predicted octanol–water partition coefficient (Wildman–Crippen LogP) is 4.81. The number of alkyl halides is 1. The Bertz CT molecular complexity index is 1220. The molecule has 1 aliphatic heterocycles. The summed E-state index contributed by atoms with van der Waals surface area (Å²) in [6.07, 6.45) is 1.92. The summed E-state index contributed by atoms with van der Waals surface area (Å²) in [5, 5.41) is 23.8. The van der Waals surface area contributed by atoms with Crippen molar-refractivity contribution in [3.63, 3.8) is 0 Å². The molecule has 2 aromatic heterocycles. The number of rotatable bonds is 8. The summed E-state index contributed by atoms with van der Waals surface area (Å²) in [4.78, 5) is 19.8. The van der Waals surface area contributed by atoms with E-state index in [-0.39, 0.29) is 6.42 Å². The number of piperidine rings is 1. The molecule has 0 spiro atoms. The van der Waals surface area contributed by atoms with Gasteiger partial charge in [-0.25, -0.2) is 4.39 Å². The molecule has 0 amide bonds. The van der Waals surface area contributed by atoms with Gasteiger partial charge < -0.3 is 14.9 Å². The van der Waals surface area contributed by atoms with Gasteiger partial charge >= 0.3 is 5.97 Å². The van der Waals surface area contributed by atoms with Crippen molar-refractivity contribution in [1.82, 2.24) is 9.88 Å². The molecule has 0 radical (unpaired) electrons. The van der Waals surface area contributed by atoms with Gasteiger partial charge in [-0.15, -0.1) is 11.3 Å². The van der Waals surface area contributed by atoms with Crippen molar-refractivity contribution in [1.29, 1.82) is 0 Å². The van der Waals surface area contributed by atoms with Crippen LogP contribution in [0.2, 0.25) is 0 Å². The largest absolute Gasteiger partial charge is 0.497 e. The van der Waals surface area contributed by atoms with Crippen LogP contribution in [0.3, 0.4) is 0 Å². The minimum absolute atomic E-state index is 0.216. The first-order valence-electron chi connectivity index (χ1n) is 11.6. The number of pyridine rings is 1. The average molecular weight is 497 g/mol. The number of aliphatic hydroxyl groups excluding tert-OH is 1. The maximum Gasteiger partial charge on any atom is 0.309 e. The van der Waals surface area contributed by atoms with Crippen molar-refractivity contribution in [2.45, 2.75) is 38.5 Å². The summed E-state index contributed by atoms with van der Waals surface area (Å²) in [5.74, 6) is 6.05. The molecule has 2 N–H and O–H groups in total. The van der Waals surface area contributed by atoms with Crippen molar-refractivity contribution in [2.24, 2.45) is 5.41 Å². The molecular weight excluding hydrogens is 467 g/mol. The second kappa shape index (κ2) is 11.2. The number of halogens is 1. The minimum atomic E-state index is -1.01. The fourth-order valence-electron chi connectivity index (χ4n) is 4.72. The Morgan fingerprint density at radius 3 is 2.80 bits per heavy atom. The maximum atomic E-state index is 13.8. The number of likely N-dealkylation sites (tertiary alicyclic amines) is 1. The van der Waals surface area contributed by atoms with Crippen molar-refractivity contribution in [3.8, 4) is 17.6 Å². The molecule has 0 unspecified atom stereocenters. The van der Waals surface area contributed by atoms with E-state index in [4.69, 9.17) is 4.74 Å². The summed E-state index contributed by atoms with van der Waals surface area (Å²) >= 11 is 1.60. The highest BCUT2D eigenvalue weighted by Gasteiger charge is 2.41. The topological polar surface area (TPSA) is 82.9 Å². The number of carboxylic acids is 1. The summed E-state index contributed by atoms with van der Waals surface area (Å²) in [6, 6.07) is 9.21. The first-order chi connectivity index (χ1) is 17.0. The lowest BCUT2D eigenvalue weighted by atomic mass is 9.74. The van der Waals surface area contributed by atoms with Crippen LogP contribution in [0.4, 0.5) is 4.39 Å². The molecular formula is C27H29FN2O4S. The predicted molar refractivity (Wildman–Crippen MR) is 134 cm³/mol. The van der Waals surface area contributed by atoms with E-state index in [1.54, 1.807) is 36.6 Å². The number of ether oxygens (including phenoxy) is 1. The van der Waals surface area contributed by atoms with Crippen molar-refractivity contribution in [2.75, 3.05) is 26.7 Å². The number of aliphatic carboxylic acids is 1. The molecule has 0 bridgehead atoms. The van der Waals surface area contributed by atoms with Crippen LogP contribution >= 0.6 is 11.3 Å². The Hall–Kier alpha value is -2.99. The second-order valence-corrected chi connectivity index (χ2v) is 9.86. The number of aliphatic hydroxyl groups is 1. The Kier molecular flexibility index (Phi) is 8.01. The van der Waals surface area contributed by atoms with Crippen molar-refractivity contribution in [3.05, 3.63) is 57.9 Å². The lowest BCUT2D eigenvalue weighted by Crippen LogP contribution is -2.44. The van der Waals surface area contributed by atoms with Crippen LogP contribution in [-0.4, -0.2) is 52.8 Å². The Balaban J connectivity index is 1.46. The van der Waals surface area contributed by atoms with Gasteiger partial charge in [0.25, 0.3) is 0 Å². The van der Waals surface area contributed by atoms with Crippen LogP contribution in [0, 0.1) is 17.3 Å². The normalized spacial score (nSPS) is 16.4. The first kappa shape index (κ1) is 25.1. The smallest absolute Gasteiger partial charge is 0.309 e. The quantitative estimate of drug-likeness (QED) is 0.436. The zero-order valence-corrected chi connectivity index (χ0v) is 20.5. The van der Waals surface area contributed by atoms with E-state index in [0.29, 0.717) is 66.7 Å². The van der Waals surface area contributed by atoms with Crippen molar-refractivity contribution < 1.29 is 24.1 Å². The molecule has 1 aliphatic rings. The van der Waals surface area contributed by atoms with Gasteiger partial charge in [-0.2, -0.15) is 0 Å². The van der Waals surface area contributed by atoms with Gasteiger partial charge in [0.1, 0.15) is 12.4 Å². The Morgan fingerprint density at radius 1 is 1.34 bits per heavy atom. The number of methoxy groups -OCH3 is 1. The summed E-state index contributed by atoms with van der Waals surface area (Å²) in [6.45, 7) is 1.10. The lowest BCUT2D eigenvalue weighted by Gasteiger charge is -2.38. The highest BCUT2D eigenvalue weighted by Crippen LogP contribution is 2.40. The molecule has 4 rings (SSSR count). The molecule has 3 heterocycles. The number of benzene rings is 1. The fraction of sp³-hybridized carbons (Fsp3) is 0.407. The van der Waals surface area contributed by atoms with Gasteiger partial charge in [0.15, 0.2) is 0 Å². The Morgan fingerprint density at radius 2 is 2.14 bits per heavy atom. The standard InChI is InChI=1S/C27H29FN2O4S/c1-34-20-6-7-23-22(16-20)25(19(17-28)18-29-23)24(31)8-9-27(26(32)33)10-13-30(14-11-27)12-2-4-21-5-3-15-35-21/h3,5-7,15-16,18,24,31H,8-14,17H2,1H3,(H,32,33)/t24-/m1/s1. The second-order valence-electron chi connectivity index (χ2n) is 8.91. The zero-order chi connectivity index (χ0) is 24.8. The van der Waals surface area contributed by atoms with Crippen LogP contribution in [0.5, 0.6) is 5.75 Å². The van der Waals surface area contributed by atoms with Gasteiger partial charge in [0, 0.05) is 30.2 Å². The molecule has 1 aromatic carbocycles. The fourth-order valence-corrected chi connectivity index (χ4v) is 5.31. The summed E-state index contributed by atoms with van der Waals surface area (Å²) < 4.78 is 19.1. The molecule has 6 nitrogen and oxygen atoms in total. The number of hydrogen-bond donors (Lipinski definition) is 2. The monoisotopic (exact) mass is 496 g/mol. The maximum absolute atomic E-state index is 13.8. The molecule has 0 saturated carbocycles. The number of hydrogen-bond acceptors (Lipinski definition) is 6. The summed E-state index contributed by atoms with van der Waals surface area (Å²) in [7, 11) is 1.54. The van der Waals surface area contributed by atoms with Crippen LogP contribution in [0.25, 0.3) is 10.9 Å². The third kappa shape index (κ3) is 5.64. The number of fused-ring (bicyclic) bond motifs is 1. The number of aromatic nitrogens is 1. The van der Waals surface area contributed by atoms with Crippen LogP contribution < -0.4 is 4.74 Å². The van der Waals surface area contributed by atoms with E-state index in [1.807, 2.05) is 17.5 Å². The minimum Gasteiger partial charge on any atom is -0.497 e. The lowest BCUT2D eigenvalue weighted by molar-refractivity contribution is -0.153. The van der Waals surface area contributed by atoms with E-state index >= 15 is 0 Å². The van der Waals surface area contributed by atoms with Gasteiger partial charge in [-0.1, -0.05) is 17.9 Å². The molecule has 184 valence electrons. The number of thiophene rings is 1. The van der Waals surface area contributed by atoms with E-state index in [2.05, 4.69) is 21.7 Å². The molecule has 1 atom stereocenters. The first-order valence-corrected chi connectivity index (χ1v) is 12.5. The molecule has 1 saturated heterocycles. The molecule has 35 heavy (non-hydrogen) atoms. The van der Waals surface area contributed by atoms with E-state index in [9.17, 15) is 19.4 Å². The molecule has 8 heteroatoms. The van der Waals surface area contributed by atoms with Crippen LogP contribution in [0.15, 0.2) is 41.9 Å². The summed E-state index contributed by atoms with van der Waals surface area (Å²) in [5.41, 5.74) is 0.469. The van der Waals surface area contributed by atoms with Crippen LogP contribution in [-0.2, 0) is 11.5 Å². The van der Waals surface area contributed by atoms with Gasteiger partial charge in [0.05, 0.1) is 35.6 Å². The van der Waals surface area contributed by atoms with Gasteiger partial charge in [-0.3, -0.25) is 14.7 Å². The van der Waals surface area contributed by atoms with Crippen LogP contribution in [0.1, 0.15) is 47.8 Å². The van der Waals surface area contributed by atoms with E-state index < -0.39 is 24.2 Å². The van der Waals surface area contributed by atoms with Gasteiger partial charge in [-0.05, 0) is 60.9 Å². The molecule has 0 aliphatic carbocycles. The number of carboxylic acid groups (broad SMARTS) is 1. The van der Waals surface area contributed by atoms with Crippen molar-refractivity contribution >= 4 is 28.2 Å². The number of carbonyl (C=O) groups is 1. The Labute approximate surface area is 208 Å². The number of nitrogens with zero attached hydrogens (tertiary/aromatic N) is 2. The SMILES string of the molecule is COc1ccc2ncc(CF)c([C@H](O)CCC3(C(=O)O)CCN(CC#Cc4cccs4)CC3)c2c1. The average Bonchev–Trinajstić information content (AvgIpc) is 3.40. The zero-order valence-electron chi connectivity index (χ0n) is 19.7. The third-order valence-electron chi connectivity index (χ3n) is 6.88. The third-order valence-corrected chi connectivity index (χ3v) is 7.66. The van der Waals surface area contributed by atoms with Gasteiger partial charge in [0.2, 0.25) is 0 Å².